The monoisotopic (exact) mass is 293 g/mol. The van der Waals surface area contributed by atoms with Crippen molar-refractivity contribution in [3.63, 3.8) is 0 Å². The van der Waals surface area contributed by atoms with E-state index >= 15 is 0 Å². The van der Waals surface area contributed by atoms with Crippen LogP contribution in [-0.4, -0.2) is 9.78 Å². The molecule has 17 heavy (non-hydrogen) atoms. The van der Waals surface area contributed by atoms with Crippen LogP contribution in [0.3, 0.4) is 0 Å². The van der Waals surface area contributed by atoms with Crippen molar-refractivity contribution in [1.82, 2.24) is 9.78 Å². The first-order valence-electron chi connectivity index (χ1n) is 5.72. The first-order chi connectivity index (χ1) is 8.22. The third kappa shape index (κ3) is 2.69. The van der Waals surface area contributed by atoms with Gasteiger partial charge in [-0.2, -0.15) is 5.10 Å². The second-order valence-electron chi connectivity index (χ2n) is 3.93. The average molecular weight is 294 g/mol. The highest BCUT2D eigenvalue weighted by Crippen LogP contribution is 2.26. The molecule has 0 spiro atoms. The Morgan fingerprint density at radius 3 is 2.94 bits per heavy atom. The average Bonchev–Trinajstić information content (AvgIpc) is 2.78. The Balaban J connectivity index is 2.10. The van der Waals surface area contributed by atoms with Crippen LogP contribution >= 0.6 is 15.9 Å². The highest BCUT2D eigenvalue weighted by molar-refractivity contribution is 9.10. The van der Waals surface area contributed by atoms with Crippen LogP contribution in [0.2, 0.25) is 0 Å². The van der Waals surface area contributed by atoms with Gasteiger partial charge in [0.1, 0.15) is 0 Å². The van der Waals surface area contributed by atoms with Crippen LogP contribution in [0.4, 0.5) is 5.69 Å². The molecule has 0 unspecified atom stereocenters. The molecule has 0 saturated heterocycles. The van der Waals surface area contributed by atoms with Crippen LogP contribution < -0.4 is 5.32 Å². The molecule has 0 radical (unpaired) electrons. The molecule has 0 aliphatic carbocycles. The highest BCUT2D eigenvalue weighted by atomic mass is 79.9. The van der Waals surface area contributed by atoms with Gasteiger partial charge in [-0.1, -0.05) is 12.1 Å². The summed E-state index contributed by atoms with van der Waals surface area (Å²) in [6, 6.07) is 8.26. The van der Waals surface area contributed by atoms with Gasteiger partial charge in [-0.15, -0.1) is 0 Å². The van der Waals surface area contributed by atoms with E-state index in [1.807, 2.05) is 16.9 Å². The van der Waals surface area contributed by atoms with Gasteiger partial charge in [0.25, 0.3) is 0 Å². The minimum atomic E-state index is 0.788. The summed E-state index contributed by atoms with van der Waals surface area (Å²) in [7, 11) is 0. The van der Waals surface area contributed by atoms with Gasteiger partial charge in [0, 0.05) is 22.9 Å². The lowest BCUT2D eigenvalue weighted by Crippen LogP contribution is -2.08. The number of rotatable bonds is 4. The van der Waals surface area contributed by atoms with Crippen LogP contribution in [0.15, 0.2) is 34.9 Å². The number of hydrogen-bond acceptors (Lipinski definition) is 2. The molecular formula is C13H16BrN3. The predicted molar refractivity (Wildman–Crippen MR) is 74.1 cm³/mol. The number of hydrogen-bond donors (Lipinski definition) is 1. The van der Waals surface area contributed by atoms with Gasteiger partial charge in [0.2, 0.25) is 0 Å². The van der Waals surface area contributed by atoms with Gasteiger partial charge in [-0.25, -0.2) is 0 Å². The minimum absolute atomic E-state index is 0.788. The summed E-state index contributed by atoms with van der Waals surface area (Å²) in [4.78, 5) is 0. The van der Waals surface area contributed by atoms with Crippen LogP contribution in [-0.2, 0) is 13.1 Å². The number of aromatic nitrogens is 2. The normalized spacial score (nSPS) is 10.5. The number of nitrogens with one attached hydrogen (secondary N) is 1. The lowest BCUT2D eigenvalue weighted by Gasteiger charge is -2.11. The van der Waals surface area contributed by atoms with Crippen LogP contribution in [0.1, 0.15) is 18.2 Å². The van der Waals surface area contributed by atoms with Crippen molar-refractivity contribution < 1.29 is 0 Å². The number of nitrogens with zero attached hydrogens (tertiary/aromatic N) is 2. The van der Waals surface area contributed by atoms with Crippen molar-refractivity contribution >= 4 is 21.6 Å². The van der Waals surface area contributed by atoms with Crippen LogP contribution in [0.25, 0.3) is 0 Å². The smallest absolute Gasteiger partial charge is 0.0575 e. The van der Waals surface area contributed by atoms with Crippen molar-refractivity contribution in [1.29, 1.82) is 0 Å². The molecule has 90 valence electrons. The number of benzene rings is 1. The van der Waals surface area contributed by atoms with E-state index in [1.54, 1.807) is 0 Å². The number of aryl methyl sites for hydroxylation is 2. The molecule has 2 rings (SSSR count). The molecule has 1 heterocycles. The van der Waals surface area contributed by atoms with E-state index in [0.717, 1.165) is 23.2 Å². The standard InChI is InChI=1S/C13H16BrN3/c1-3-17-11(7-8-16-17)9-15-12-6-4-5-10(2)13(12)14/h4-8,15H,3,9H2,1-2H3. The zero-order valence-corrected chi connectivity index (χ0v) is 11.7. The van der Waals surface area contributed by atoms with E-state index in [4.69, 9.17) is 0 Å². The van der Waals surface area contributed by atoms with Crippen LogP contribution in [0, 0.1) is 6.92 Å². The molecule has 3 nitrogen and oxygen atoms in total. The van der Waals surface area contributed by atoms with Crippen molar-refractivity contribution in [3.05, 3.63) is 46.2 Å². The van der Waals surface area contributed by atoms with Crippen molar-refractivity contribution in [3.8, 4) is 0 Å². The lowest BCUT2D eigenvalue weighted by molar-refractivity contribution is 0.627. The minimum Gasteiger partial charge on any atom is -0.378 e. The van der Waals surface area contributed by atoms with Gasteiger partial charge in [0.15, 0.2) is 0 Å². The van der Waals surface area contributed by atoms with E-state index in [2.05, 4.69) is 58.4 Å². The molecule has 0 saturated carbocycles. The molecule has 1 aromatic carbocycles. The fourth-order valence-electron chi connectivity index (χ4n) is 1.76. The first-order valence-corrected chi connectivity index (χ1v) is 6.51. The zero-order valence-electron chi connectivity index (χ0n) is 10.1. The topological polar surface area (TPSA) is 29.9 Å². The summed E-state index contributed by atoms with van der Waals surface area (Å²) >= 11 is 3.60. The maximum absolute atomic E-state index is 4.25. The zero-order chi connectivity index (χ0) is 12.3. The Labute approximate surface area is 110 Å². The summed E-state index contributed by atoms with van der Waals surface area (Å²) < 4.78 is 3.12. The van der Waals surface area contributed by atoms with E-state index in [9.17, 15) is 0 Å². The molecule has 2 aromatic rings. The fraction of sp³-hybridized carbons (Fsp3) is 0.308. The lowest BCUT2D eigenvalue weighted by atomic mass is 10.2. The van der Waals surface area contributed by atoms with E-state index in [1.165, 1.54) is 11.3 Å². The van der Waals surface area contributed by atoms with Crippen LogP contribution in [0.5, 0.6) is 0 Å². The molecule has 0 aliphatic rings. The first kappa shape index (κ1) is 12.2. The van der Waals surface area contributed by atoms with Gasteiger partial charge >= 0.3 is 0 Å². The molecular weight excluding hydrogens is 278 g/mol. The molecule has 0 amide bonds. The molecule has 0 fully saturated rings. The van der Waals surface area contributed by atoms with Gasteiger partial charge in [-0.3, -0.25) is 4.68 Å². The van der Waals surface area contributed by atoms with Crippen molar-refractivity contribution in [2.45, 2.75) is 26.9 Å². The maximum atomic E-state index is 4.25. The Hall–Kier alpha value is -1.29. The highest BCUT2D eigenvalue weighted by Gasteiger charge is 2.04. The van der Waals surface area contributed by atoms with Gasteiger partial charge in [-0.05, 0) is 47.5 Å². The van der Waals surface area contributed by atoms with E-state index in [0.29, 0.717) is 0 Å². The quantitative estimate of drug-likeness (QED) is 0.934. The number of anilines is 1. The Morgan fingerprint density at radius 1 is 1.35 bits per heavy atom. The van der Waals surface area contributed by atoms with E-state index in [-0.39, 0.29) is 0 Å². The Morgan fingerprint density at radius 2 is 2.18 bits per heavy atom. The third-order valence-corrected chi connectivity index (χ3v) is 3.81. The molecule has 1 N–H and O–H groups in total. The second kappa shape index (κ2) is 5.36. The molecule has 0 atom stereocenters. The maximum Gasteiger partial charge on any atom is 0.0575 e. The predicted octanol–water partition coefficient (Wildman–Crippen LogP) is 3.59. The van der Waals surface area contributed by atoms with E-state index < -0.39 is 0 Å². The largest absolute Gasteiger partial charge is 0.378 e. The Bertz CT molecular complexity index is 505. The summed E-state index contributed by atoms with van der Waals surface area (Å²) in [5.41, 5.74) is 3.55. The molecule has 1 aromatic heterocycles. The van der Waals surface area contributed by atoms with Crippen molar-refractivity contribution in [2.75, 3.05) is 5.32 Å². The molecule has 0 bridgehead atoms. The van der Waals surface area contributed by atoms with Gasteiger partial charge < -0.3 is 5.32 Å². The molecule has 0 aliphatic heterocycles. The number of halogens is 1. The summed E-state index contributed by atoms with van der Waals surface area (Å²) in [6.07, 6.45) is 1.84. The SMILES string of the molecule is CCn1nccc1CNc1cccc(C)c1Br. The summed E-state index contributed by atoms with van der Waals surface area (Å²) in [5.74, 6) is 0. The van der Waals surface area contributed by atoms with Crippen molar-refractivity contribution in [2.24, 2.45) is 0 Å². The summed E-state index contributed by atoms with van der Waals surface area (Å²) in [6.45, 7) is 5.87. The molecule has 4 heteroatoms. The second-order valence-corrected chi connectivity index (χ2v) is 4.72. The van der Waals surface area contributed by atoms with Gasteiger partial charge in [0.05, 0.1) is 12.2 Å². The Kier molecular flexibility index (Phi) is 3.84. The third-order valence-electron chi connectivity index (χ3n) is 2.76. The fourth-order valence-corrected chi connectivity index (χ4v) is 2.17. The summed E-state index contributed by atoms with van der Waals surface area (Å²) in [5, 5.41) is 7.68.